The number of hydrogen-bond acceptors (Lipinski definition) is 5. The van der Waals surface area contributed by atoms with Gasteiger partial charge in [-0.15, -0.1) is 0 Å². The lowest BCUT2D eigenvalue weighted by molar-refractivity contribution is 0.953. The third-order valence-electron chi connectivity index (χ3n) is 10.9. The lowest BCUT2D eigenvalue weighted by Crippen LogP contribution is -2.06. The lowest BCUT2D eigenvalue weighted by atomic mass is 9.90. The molecule has 6 nitrogen and oxygen atoms in total. The zero-order valence-corrected chi connectivity index (χ0v) is 31.8. The van der Waals surface area contributed by atoms with Crippen LogP contribution in [0.1, 0.15) is 0 Å². The summed E-state index contributed by atoms with van der Waals surface area (Å²) in [4.78, 5) is 26.0. The number of rotatable bonds is 7. The summed E-state index contributed by atoms with van der Waals surface area (Å²) in [5, 5.41) is 3.31. The Bertz CT molecular complexity index is 3270. The molecule has 0 amide bonds. The SMILES string of the molecule is c1ccc(-c2nc(-c3ccc(-c4ccccc4-c4nc(-c5ccccc5)c5ccccc5n4)c(-c4ccccc4)c3)nc(-n3c4ccccc4c4ccccc43)n2)cc1. The highest BCUT2D eigenvalue weighted by Gasteiger charge is 2.21. The van der Waals surface area contributed by atoms with Gasteiger partial charge in [0.2, 0.25) is 5.95 Å². The van der Waals surface area contributed by atoms with Crippen LogP contribution in [0, 0.1) is 0 Å². The highest BCUT2D eigenvalue weighted by atomic mass is 15.2. The topological polar surface area (TPSA) is 69.4 Å². The number of hydrogen-bond donors (Lipinski definition) is 0. The average molecular weight is 755 g/mol. The molecule has 0 aliphatic heterocycles. The van der Waals surface area contributed by atoms with Crippen molar-refractivity contribution < 1.29 is 0 Å². The summed E-state index contributed by atoms with van der Waals surface area (Å²) in [5.74, 6) is 2.41. The summed E-state index contributed by atoms with van der Waals surface area (Å²) in [7, 11) is 0. The second kappa shape index (κ2) is 14.4. The predicted octanol–water partition coefficient (Wildman–Crippen LogP) is 12.9. The maximum absolute atomic E-state index is 5.27. The van der Waals surface area contributed by atoms with E-state index in [1.54, 1.807) is 0 Å². The van der Waals surface area contributed by atoms with E-state index < -0.39 is 0 Å². The monoisotopic (exact) mass is 754 g/mol. The quantitative estimate of drug-likeness (QED) is 0.162. The normalized spacial score (nSPS) is 11.4. The largest absolute Gasteiger partial charge is 0.278 e. The first-order chi connectivity index (χ1) is 29.3. The molecule has 11 rings (SSSR count). The Balaban J connectivity index is 1.12. The van der Waals surface area contributed by atoms with Crippen LogP contribution >= 0.6 is 0 Å². The molecule has 0 spiro atoms. The van der Waals surface area contributed by atoms with Gasteiger partial charge in [0.25, 0.3) is 0 Å². The fourth-order valence-electron chi connectivity index (χ4n) is 8.15. The molecule has 3 aromatic heterocycles. The maximum atomic E-state index is 5.27. The second-order valence-electron chi connectivity index (χ2n) is 14.5. The van der Waals surface area contributed by atoms with Crippen molar-refractivity contribution in [3.63, 3.8) is 0 Å². The molecule has 11 aromatic rings. The molecule has 0 aliphatic rings. The molecule has 0 saturated carbocycles. The van der Waals surface area contributed by atoms with E-state index in [-0.39, 0.29) is 0 Å². The number of para-hydroxylation sites is 3. The molecule has 0 N–H and O–H groups in total. The van der Waals surface area contributed by atoms with Crippen LogP contribution in [0.3, 0.4) is 0 Å². The molecule has 6 heteroatoms. The Hall–Kier alpha value is -8.09. The Morgan fingerprint density at radius 1 is 0.288 bits per heavy atom. The Morgan fingerprint density at radius 2 is 0.797 bits per heavy atom. The van der Waals surface area contributed by atoms with Gasteiger partial charge in [-0.05, 0) is 46.5 Å². The van der Waals surface area contributed by atoms with Gasteiger partial charge >= 0.3 is 0 Å². The summed E-state index contributed by atoms with van der Waals surface area (Å²) in [5.41, 5.74) is 11.8. The molecule has 276 valence electrons. The highest BCUT2D eigenvalue weighted by molar-refractivity contribution is 6.09. The minimum Gasteiger partial charge on any atom is -0.278 e. The molecule has 0 fully saturated rings. The van der Waals surface area contributed by atoms with Crippen LogP contribution in [0.5, 0.6) is 0 Å². The summed E-state index contributed by atoms with van der Waals surface area (Å²) in [6.07, 6.45) is 0. The van der Waals surface area contributed by atoms with E-state index in [1.807, 2.05) is 54.6 Å². The average Bonchev–Trinajstić information content (AvgIpc) is 3.66. The summed E-state index contributed by atoms with van der Waals surface area (Å²) < 4.78 is 2.15. The zero-order valence-electron chi connectivity index (χ0n) is 31.8. The van der Waals surface area contributed by atoms with Gasteiger partial charge in [-0.3, -0.25) is 4.57 Å². The molecular formula is C53H34N6. The number of aromatic nitrogens is 6. The highest BCUT2D eigenvalue weighted by Crippen LogP contribution is 2.41. The summed E-state index contributed by atoms with van der Waals surface area (Å²) >= 11 is 0. The van der Waals surface area contributed by atoms with Crippen LogP contribution in [0.15, 0.2) is 206 Å². The van der Waals surface area contributed by atoms with Crippen molar-refractivity contribution in [1.82, 2.24) is 29.5 Å². The van der Waals surface area contributed by atoms with Crippen molar-refractivity contribution in [2.75, 3.05) is 0 Å². The fraction of sp³-hybridized carbons (Fsp3) is 0. The van der Waals surface area contributed by atoms with Gasteiger partial charge in [0.05, 0.1) is 22.2 Å². The molecule has 59 heavy (non-hydrogen) atoms. The first-order valence-corrected chi connectivity index (χ1v) is 19.7. The number of benzene rings is 8. The molecule has 8 aromatic carbocycles. The third-order valence-corrected chi connectivity index (χ3v) is 10.9. The molecule has 0 atom stereocenters. The standard InChI is InChI=1S/C53H34N6/c1-4-18-35(19-5-1)45-34-38(32-33-40(45)39-24-10-11-27-43(39)52-54-46-29-15-12-28-44(46)49(55-52)36-20-6-2-7-21-36)51-56-50(37-22-8-3-9-23-37)57-53(58-51)59-47-30-16-13-25-41(47)42-26-14-17-31-48(42)59/h1-34H. The van der Waals surface area contributed by atoms with Crippen molar-refractivity contribution in [2.24, 2.45) is 0 Å². The van der Waals surface area contributed by atoms with Crippen molar-refractivity contribution in [3.8, 4) is 73.6 Å². The first-order valence-electron chi connectivity index (χ1n) is 19.7. The fourth-order valence-corrected chi connectivity index (χ4v) is 8.15. The molecule has 0 aliphatic carbocycles. The van der Waals surface area contributed by atoms with E-state index in [0.29, 0.717) is 23.4 Å². The van der Waals surface area contributed by atoms with E-state index in [4.69, 9.17) is 24.9 Å². The first kappa shape index (κ1) is 34.2. The number of fused-ring (bicyclic) bond motifs is 4. The van der Waals surface area contributed by atoms with Crippen LogP contribution in [0.2, 0.25) is 0 Å². The van der Waals surface area contributed by atoms with Crippen molar-refractivity contribution in [3.05, 3.63) is 206 Å². The van der Waals surface area contributed by atoms with Gasteiger partial charge in [0.1, 0.15) is 0 Å². The zero-order chi connectivity index (χ0) is 39.1. The lowest BCUT2D eigenvalue weighted by Gasteiger charge is -2.17. The molecule has 0 radical (unpaired) electrons. The van der Waals surface area contributed by atoms with Crippen LogP contribution in [-0.4, -0.2) is 29.5 Å². The Morgan fingerprint density at radius 3 is 1.47 bits per heavy atom. The van der Waals surface area contributed by atoms with E-state index >= 15 is 0 Å². The molecule has 0 unspecified atom stereocenters. The van der Waals surface area contributed by atoms with Gasteiger partial charge in [-0.25, -0.2) is 15.0 Å². The minimum absolute atomic E-state index is 0.560. The van der Waals surface area contributed by atoms with Crippen molar-refractivity contribution in [1.29, 1.82) is 0 Å². The van der Waals surface area contributed by atoms with Crippen molar-refractivity contribution in [2.45, 2.75) is 0 Å². The summed E-state index contributed by atoms with van der Waals surface area (Å²) in [6, 6.07) is 71.0. The van der Waals surface area contributed by atoms with Crippen LogP contribution in [-0.2, 0) is 0 Å². The van der Waals surface area contributed by atoms with Crippen LogP contribution in [0.4, 0.5) is 0 Å². The smallest absolute Gasteiger partial charge is 0.238 e. The maximum Gasteiger partial charge on any atom is 0.238 e. The minimum atomic E-state index is 0.560. The number of nitrogens with zero attached hydrogens (tertiary/aromatic N) is 6. The van der Waals surface area contributed by atoms with Gasteiger partial charge < -0.3 is 0 Å². The van der Waals surface area contributed by atoms with Gasteiger partial charge in [-0.2, -0.15) is 9.97 Å². The second-order valence-corrected chi connectivity index (χ2v) is 14.5. The molecule has 3 heterocycles. The van der Waals surface area contributed by atoms with Gasteiger partial charge in [0.15, 0.2) is 17.5 Å². The summed E-state index contributed by atoms with van der Waals surface area (Å²) in [6.45, 7) is 0. The van der Waals surface area contributed by atoms with Crippen LogP contribution < -0.4 is 0 Å². The van der Waals surface area contributed by atoms with Crippen LogP contribution in [0.25, 0.3) is 106 Å². The van der Waals surface area contributed by atoms with E-state index in [1.165, 1.54) is 0 Å². The van der Waals surface area contributed by atoms with Gasteiger partial charge in [-0.1, -0.05) is 182 Å². The van der Waals surface area contributed by atoms with E-state index in [9.17, 15) is 0 Å². The molecule has 0 saturated heterocycles. The Labute approximate surface area is 340 Å². The molecule has 0 bridgehead atoms. The van der Waals surface area contributed by atoms with Gasteiger partial charge in [0, 0.05) is 38.4 Å². The third kappa shape index (κ3) is 6.11. The predicted molar refractivity (Wildman–Crippen MR) is 240 cm³/mol. The van der Waals surface area contributed by atoms with E-state index in [0.717, 1.165) is 82.9 Å². The Kier molecular flexibility index (Phi) is 8.37. The van der Waals surface area contributed by atoms with Crippen molar-refractivity contribution >= 4 is 32.7 Å². The van der Waals surface area contributed by atoms with E-state index in [2.05, 4.69) is 156 Å². The molecular weight excluding hydrogens is 721 g/mol.